The molecule has 0 saturated carbocycles. The molecule has 2 rings (SSSR count). The lowest BCUT2D eigenvalue weighted by Crippen LogP contribution is -2.02. The van der Waals surface area contributed by atoms with Gasteiger partial charge in [-0.1, -0.05) is 23.2 Å². The van der Waals surface area contributed by atoms with E-state index in [1.165, 1.54) is 6.07 Å². The molecular weight excluding hydrogens is 317 g/mol. The highest BCUT2D eigenvalue weighted by Crippen LogP contribution is 2.36. The van der Waals surface area contributed by atoms with Crippen molar-refractivity contribution < 1.29 is 9.66 Å². The molecule has 0 saturated heterocycles. The summed E-state index contributed by atoms with van der Waals surface area (Å²) < 4.78 is 5.44. The number of hydrogen-bond acceptors (Lipinski definition) is 5. The Kier molecular flexibility index (Phi) is 4.82. The number of halogens is 2. The van der Waals surface area contributed by atoms with Crippen molar-refractivity contribution in [1.82, 2.24) is 4.98 Å². The van der Waals surface area contributed by atoms with E-state index in [-0.39, 0.29) is 28.1 Å². The normalized spacial score (nSPS) is 10.2. The van der Waals surface area contributed by atoms with Crippen LogP contribution in [-0.4, -0.2) is 17.0 Å². The van der Waals surface area contributed by atoms with Crippen molar-refractivity contribution in [1.29, 1.82) is 0 Å². The number of rotatable bonds is 5. The van der Waals surface area contributed by atoms with Crippen LogP contribution in [0.2, 0.25) is 10.0 Å². The summed E-state index contributed by atoms with van der Waals surface area (Å²) in [5, 5.41) is 14.3. The zero-order chi connectivity index (χ0) is 15.4. The average molecular weight is 328 g/mol. The Morgan fingerprint density at radius 1 is 1.33 bits per heavy atom. The van der Waals surface area contributed by atoms with Gasteiger partial charge >= 0.3 is 5.69 Å². The quantitative estimate of drug-likeness (QED) is 0.665. The minimum absolute atomic E-state index is 0.0473. The smallest absolute Gasteiger partial charge is 0.312 e. The molecule has 0 amide bonds. The second-order valence-electron chi connectivity index (χ2n) is 4.07. The van der Waals surface area contributed by atoms with Gasteiger partial charge in [-0.05, 0) is 12.1 Å². The van der Waals surface area contributed by atoms with E-state index in [9.17, 15) is 10.1 Å². The fourth-order valence-corrected chi connectivity index (χ4v) is 1.95. The number of aromatic nitrogens is 1. The van der Waals surface area contributed by atoms with E-state index in [0.29, 0.717) is 5.69 Å². The summed E-state index contributed by atoms with van der Waals surface area (Å²) in [5.74, 6) is 0.0473. The van der Waals surface area contributed by atoms with E-state index in [1.54, 1.807) is 25.4 Å². The van der Waals surface area contributed by atoms with Gasteiger partial charge in [-0.3, -0.25) is 15.1 Å². The van der Waals surface area contributed by atoms with Crippen molar-refractivity contribution >= 4 is 34.6 Å². The highest BCUT2D eigenvalue weighted by atomic mass is 35.5. The van der Waals surface area contributed by atoms with Gasteiger partial charge in [0.25, 0.3) is 0 Å². The molecule has 1 aromatic heterocycles. The van der Waals surface area contributed by atoms with E-state index in [1.807, 2.05) is 0 Å². The monoisotopic (exact) mass is 327 g/mol. The van der Waals surface area contributed by atoms with Gasteiger partial charge in [-0.15, -0.1) is 0 Å². The summed E-state index contributed by atoms with van der Waals surface area (Å²) in [6.07, 6.45) is 1.62. The molecule has 0 aliphatic rings. The maximum Gasteiger partial charge on any atom is 0.312 e. The van der Waals surface area contributed by atoms with Gasteiger partial charge in [-0.2, -0.15) is 0 Å². The lowest BCUT2D eigenvalue weighted by Gasteiger charge is -2.08. The number of anilines is 1. The first kappa shape index (κ1) is 15.3. The molecule has 2 aromatic rings. The number of hydrogen-bond donors (Lipinski definition) is 1. The molecule has 8 heteroatoms. The van der Waals surface area contributed by atoms with Crippen molar-refractivity contribution in [2.45, 2.75) is 6.61 Å². The van der Waals surface area contributed by atoms with Crippen molar-refractivity contribution in [2.75, 3.05) is 12.4 Å². The van der Waals surface area contributed by atoms with E-state index in [2.05, 4.69) is 10.3 Å². The number of nitro benzene ring substituents is 1. The van der Waals surface area contributed by atoms with Crippen molar-refractivity contribution in [3.8, 4) is 5.75 Å². The van der Waals surface area contributed by atoms with E-state index >= 15 is 0 Å². The SMILES string of the molecule is CNc1ccnc(COc2cc(Cl)c(Cl)cc2[N+](=O)[O-])c1. The number of ether oxygens (including phenoxy) is 1. The van der Waals surface area contributed by atoms with Crippen LogP contribution in [0.25, 0.3) is 0 Å². The Bertz CT molecular complexity index is 680. The zero-order valence-electron chi connectivity index (χ0n) is 11.0. The molecule has 0 atom stereocenters. The van der Waals surface area contributed by atoms with Crippen molar-refractivity contribution in [3.05, 3.63) is 56.3 Å². The first-order valence-electron chi connectivity index (χ1n) is 5.90. The molecule has 0 radical (unpaired) electrons. The van der Waals surface area contributed by atoms with Gasteiger partial charge in [0.15, 0.2) is 5.75 Å². The highest BCUT2D eigenvalue weighted by molar-refractivity contribution is 6.42. The summed E-state index contributed by atoms with van der Waals surface area (Å²) in [4.78, 5) is 14.5. The van der Waals surface area contributed by atoms with Crippen LogP contribution in [0.3, 0.4) is 0 Å². The van der Waals surface area contributed by atoms with Gasteiger partial charge in [0.2, 0.25) is 0 Å². The van der Waals surface area contributed by atoms with Crippen LogP contribution in [0, 0.1) is 10.1 Å². The van der Waals surface area contributed by atoms with Gasteiger partial charge in [0.1, 0.15) is 6.61 Å². The lowest BCUT2D eigenvalue weighted by atomic mass is 10.3. The molecular formula is C13H11Cl2N3O3. The molecule has 0 unspecified atom stereocenters. The van der Waals surface area contributed by atoms with E-state index in [0.717, 1.165) is 11.8 Å². The Hall–Kier alpha value is -2.05. The Morgan fingerprint density at radius 2 is 2.05 bits per heavy atom. The van der Waals surface area contributed by atoms with Crippen LogP contribution in [0.15, 0.2) is 30.5 Å². The van der Waals surface area contributed by atoms with Gasteiger partial charge in [0, 0.05) is 31.1 Å². The largest absolute Gasteiger partial charge is 0.480 e. The molecule has 6 nitrogen and oxygen atoms in total. The predicted octanol–water partition coefficient (Wildman–Crippen LogP) is 3.92. The van der Waals surface area contributed by atoms with Crippen LogP contribution in [0.5, 0.6) is 5.75 Å². The Morgan fingerprint density at radius 3 is 2.71 bits per heavy atom. The molecule has 1 aromatic carbocycles. The third kappa shape index (κ3) is 3.74. The first-order valence-corrected chi connectivity index (χ1v) is 6.65. The molecule has 1 heterocycles. The van der Waals surface area contributed by atoms with Gasteiger partial charge in [-0.25, -0.2) is 0 Å². The minimum atomic E-state index is -0.574. The molecule has 1 N–H and O–H groups in total. The van der Waals surface area contributed by atoms with Crippen LogP contribution in [-0.2, 0) is 6.61 Å². The molecule has 0 fully saturated rings. The minimum Gasteiger partial charge on any atom is -0.480 e. The second-order valence-corrected chi connectivity index (χ2v) is 4.88. The number of nitrogens with one attached hydrogen (secondary N) is 1. The maximum atomic E-state index is 11.0. The molecule has 0 aliphatic heterocycles. The van der Waals surface area contributed by atoms with Gasteiger partial charge in [0.05, 0.1) is 20.7 Å². The summed E-state index contributed by atoms with van der Waals surface area (Å²) in [5.41, 5.74) is 1.25. The fourth-order valence-electron chi connectivity index (χ4n) is 1.64. The summed E-state index contributed by atoms with van der Waals surface area (Å²) in [6.45, 7) is 0.0777. The molecule has 21 heavy (non-hydrogen) atoms. The standard InChI is InChI=1S/C13H11Cl2N3O3/c1-16-8-2-3-17-9(4-8)7-21-13-6-11(15)10(14)5-12(13)18(19)20/h2-6H,7H2,1H3,(H,16,17). The Balaban J connectivity index is 2.22. The third-order valence-corrected chi connectivity index (χ3v) is 3.40. The zero-order valence-corrected chi connectivity index (χ0v) is 12.5. The van der Waals surface area contributed by atoms with Crippen molar-refractivity contribution in [2.24, 2.45) is 0 Å². The molecule has 0 aliphatic carbocycles. The van der Waals surface area contributed by atoms with E-state index < -0.39 is 4.92 Å². The van der Waals surface area contributed by atoms with E-state index in [4.69, 9.17) is 27.9 Å². The number of nitro groups is 1. The maximum absolute atomic E-state index is 11.0. The van der Waals surface area contributed by atoms with Crippen LogP contribution < -0.4 is 10.1 Å². The molecule has 0 bridgehead atoms. The highest BCUT2D eigenvalue weighted by Gasteiger charge is 2.18. The molecule has 110 valence electrons. The van der Waals surface area contributed by atoms with Crippen LogP contribution in [0.4, 0.5) is 11.4 Å². The van der Waals surface area contributed by atoms with Gasteiger partial charge < -0.3 is 10.1 Å². The number of benzene rings is 1. The second kappa shape index (κ2) is 6.60. The van der Waals surface area contributed by atoms with Crippen LogP contribution in [0.1, 0.15) is 5.69 Å². The predicted molar refractivity (Wildman–Crippen MR) is 81.2 cm³/mol. The Labute approximate surface area is 130 Å². The van der Waals surface area contributed by atoms with Crippen LogP contribution >= 0.6 is 23.2 Å². The average Bonchev–Trinajstić information content (AvgIpc) is 2.48. The fraction of sp³-hybridized carbons (Fsp3) is 0.154. The number of pyridine rings is 1. The summed E-state index contributed by atoms with van der Waals surface area (Å²) in [7, 11) is 1.78. The lowest BCUT2D eigenvalue weighted by molar-refractivity contribution is -0.385. The first-order chi connectivity index (χ1) is 10.0. The van der Waals surface area contributed by atoms with Crippen molar-refractivity contribution in [3.63, 3.8) is 0 Å². The third-order valence-electron chi connectivity index (χ3n) is 2.68. The topological polar surface area (TPSA) is 77.3 Å². The molecule has 0 spiro atoms. The number of nitrogens with zero attached hydrogens (tertiary/aromatic N) is 2. The summed E-state index contributed by atoms with van der Waals surface area (Å²) in [6, 6.07) is 6.06. The summed E-state index contributed by atoms with van der Waals surface area (Å²) >= 11 is 11.6.